The zero-order valence-corrected chi connectivity index (χ0v) is 18.3. The van der Waals surface area contributed by atoms with Gasteiger partial charge in [-0.3, -0.25) is 19.6 Å². The summed E-state index contributed by atoms with van der Waals surface area (Å²) >= 11 is 3.31. The van der Waals surface area contributed by atoms with E-state index < -0.39 is 4.92 Å². The van der Waals surface area contributed by atoms with Gasteiger partial charge in [0.2, 0.25) is 0 Å². The molecule has 1 amide bonds. The Hall–Kier alpha value is -3.07. The molecule has 0 aliphatic rings. The molecule has 0 fully saturated rings. The summed E-state index contributed by atoms with van der Waals surface area (Å²) in [5, 5.41) is 15.4. The average molecular weight is 475 g/mol. The van der Waals surface area contributed by atoms with E-state index in [1.807, 2.05) is 0 Å². The number of nitro groups is 1. The first-order chi connectivity index (χ1) is 14.2. The molecular formula is C21H20BrFN4O3. The second-order valence-corrected chi connectivity index (χ2v) is 7.94. The number of hydrogen-bond acceptors (Lipinski definition) is 4. The molecule has 0 unspecified atom stereocenters. The van der Waals surface area contributed by atoms with E-state index in [2.05, 4.69) is 21.0 Å². The average Bonchev–Trinajstić information content (AvgIpc) is 2.97. The summed E-state index contributed by atoms with van der Waals surface area (Å²) < 4.78 is 16.3. The molecule has 3 rings (SSSR count). The van der Waals surface area contributed by atoms with E-state index in [1.54, 1.807) is 62.0 Å². The maximum absolute atomic E-state index is 14.0. The lowest BCUT2D eigenvalue weighted by atomic mass is 10.1. The van der Waals surface area contributed by atoms with E-state index in [0.29, 0.717) is 29.1 Å². The first-order valence-electron chi connectivity index (χ1n) is 9.14. The van der Waals surface area contributed by atoms with Crippen molar-refractivity contribution >= 4 is 27.5 Å². The van der Waals surface area contributed by atoms with Crippen LogP contribution < -0.4 is 0 Å². The van der Waals surface area contributed by atoms with Crippen LogP contribution in [0.1, 0.15) is 32.9 Å². The Morgan fingerprint density at radius 1 is 1.23 bits per heavy atom. The van der Waals surface area contributed by atoms with Crippen LogP contribution in [0.4, 0.5) is 10.1 Å². The van der Waals surface area contributed by atoms with Crippen LogP contribution in [0.15, 0.2) is 46.9 Å². The number of halogens is 2. The minimum Gasteiger partial charge on any atom is -0.337 e. The van der Waals surface area contributed by atoms with Gasteiger partial charge in [-0.05, 0) is 49.7 Å². The lowest BCUT2D eigenvalue weighted by Crippen LogP contribution is -2.26. The summed E-state index contributed by atoms with van der Waals surface area (Å²) in [5.41, 5.74) is 2.61. The van der Waals surface area contributed by atoms with Crippen molar-refractivity contribution in [1.82, 2.24) is 14.7 Å². The first kappa shape index (κ1) is 21.6. The Bertz CT molecular complexity index is 1110. The summed E-state index contributed by atoms with van der Waals surface area (Å²) in [7, 11) is 1.62. The number of carbonyl (C=O) groups excluding carboxylic acids is 1. The van der Waals surface area contributed by atoms with Crippen LogP contribution in [0.2, 0.25) is 0 Å². The van der Waals surface area contributed by atoms with Crippen molar-refractivity contribution in [2.24, 2.45) is 0 Å². The fraction of sp³-hybridized carbons (Fsp3) is 0.238. The topological polar surface area (TPSA) is 81.3 Å². The predicted molar refractivity (Wildman–Crippen MR) is 114 cm³/mol. The number of benzene rings is 2. The first-order valence-corrected chi connectivity index (χ1v) is 9.93. The van der Waals surface area contributed by atoms with Gasteiger partial charge in [0.1, 0.15) is 17.2 Å². The Labute approximate surface area is 181 Å². The number of amides is 1. The van der Waals surface area contributed by atoms with Gasteiger partial charge < -0.3 is 4.90 Å². The normalized spacial score (nSPS) is 10.8. The molecule has 0 radical (unpaired) electrons. The van der Waals surface area contributed by atoms with Gasteiger partial charge in [0, 0.05) is 29.2 Å². The van der Waals surface area contributed by atoms with Gasteiger partial charge in [0.15, 0.2) is 0 Å². The highest BCUT2D eigenvalue weighted by Crippen LogP contribution is 2.23. The van der Waals surface area contributed by atoms with Crippen LogP contribution in [-0.4, -0.2) is 32.6 Å². The third-order valence-electron chi connectivity index (χ3n) is 4.82. The molecule has 0 atom stereocenters. The van der Waals surface area contributed by atoms with Crippen molar-refractivity contribution in [3.05, 3.63) is 90.9 Å². The summed E-state index contributed by atoms with van der Waals surface area (Å²) in [4.78, 5) is 24.9. The van der Waals surface area contributed by atoms with Crippen LogP contribution in [0.5, 0.6) is 0 Å². The molecule has 7 nitrogen and oxygen atoms in total. The van der Waals surface area contributed by atoms with Crippen molar-refractivity contribution in [2.75, 3.05) is 7.05 Å². The number of nitrogens with zero attached hydrogens (tertiary/aromatic N) is 4. The largest absolute Gasteiger partial charge is 0.337 e. The molecule has 0 spiro atoms. The van der Waals surface area contributed by atoms with Crippen molar-refractivity contribution in [1.29, 1.82) is 0 Å². The van der Waals surface area contributed by atoms with Crippen molar-refractivity contribution in [3.63, 3.8) is 0 Å². The van der Waals surface area contributed by atoms with Gasteiger partial charge in [0.05, 0.1) is 11.5 Å². The van der Waals surface area contributed by atoms with Gasteiger partial charge in [-0.15, -0.1) is 0 Å². The molecule has 156 valence electrons. The maximum atomic E-state index is 14.0. The third kappa shape index (κ3) is 4.56. The molecular weight excluding hydrogens is 455 g/mol. The van der Waals surface area contributed by atoms with Gasteiger partial charge in [-0.2, -0.15) is 5.10 Å². The fourth-order valence-corrected chi connectivity index (χ4v) is 3.65. The molecule has 0 bridgehead atoms. The minimum atomic E-state index is -0.431. The Morgan fingerprint density at radius 2 is 1.90 bits per heavy atom. The van der Waals surface area contributed by atoms with Gasteiger partial charge in [-0.25, -0.2) is 4.39 Å². The zero-order valence-electron chi connectivity index (χ0n) is 16.7. The van der Waals surface area contributed by atoms with Crippen molar-refractivity contribution in [3.8, 4) is 0 Å². The fourth-order valence-electron chi connectivity index (χ4n) is 3.24. The molecule has 9 heteroatoms. The molecule has 0 saturated heterocycles. The van der Waals surface area contributed by atoms with Crippen molar-refractivity contribution < 1.29 is 14.1 Å². The molecule has 1 heterocycles. The SMILES string of the molecule is Cc1nn(Cc2ccc(C(=O)N(C)Cc3cc(Br)ccc3F)cc2)c(C)c1[N+](=O)[O-]. The second-order valence-electron chi connectivity index (χ2n) is 7.03. The van der Waals surface area contributed by atoms with E-state index >= 15 is 0 Å². The summed E-state index contributed by atoms with van der Waals surface area (Å²) in [6, 6.07) is 11.5. The number of hydrogen-bond donors (Lipinski definition) is 0. The molecule has 0 aliphatic heterocycles. The molecule has 3 aromatic rings. The summed E-state index contributed by atoms with van der Waals surface area (Å²) in [6.07, 6.45) is 0. The lowest BCUT2D eigenvalue weighted by molar-refractivity contribution is -0.386. The monoisotopic (exact) mass is 474 g/mol. The number of rotatable bonds is 6. The Morgan fingerprint density at radius 3 is 2.50 bits per heavy atom. The quantitative estimate of drug-likeness (QED) is 0.385. The van der Waals surface area contributed by atoms with Gasteiger partial charge in [0.25, 0.3) is 5.91 Å². The molecule has 2 aromatic carbocycles. The minimum absolute atomic E-state index is 0.0169. The van der Waals surface area contributed by atoms with Gasteiger partial charge >= 0.3 is 5.69 Å². The number of aryl methyl sites for hydroxylation is 1. The molecule has 0 N–H and O–H groups in total. The van der Waals surface area contributed by atoms with E-state index in [1.165, 1.54) is 11.0 Å². The van der Waals surface area contributed by atoms with Crippen molar-refractivity contribution in [2.45, 2.75) is 26.9 Å². The highest BCUT2D eigenvalue weighted by molar-refractivity contribution is 9.10. The maximum Gasteiger partial charge on any atom is 0.312 e. The van der Waals surface area contributed by atoms with Gasteiger partial charge in [-0.1, -0.05) is 28.1 Å². The molecule has 30 heavy (non-hydrogen) atoms. The van der Waals surface area contributed by atoms with E-state index in [4.69, 9.17) is 0 Å². The van der Waals surface area contributed by atoms with Crippen LogP contribution in [0.3, 0.4) is 0 Å². The third-order valence-corrected chi connectivity index (χ3v) is 5.31. The Kier molecular flexibility index (Phi) is 6.31. The van der Waals surface area contributed by atoms with Crippen LogP contribution in [0.25, 0.3) is 0 Å². The van der Waals surface area contributed by atoms with Crippen LogP contribution in [0, 0.1) is 29.8 Å². The predicted octanol–water partition coefficient (Wildman–Crippen LogP) is 4.63. The van der Waals surface area contributed by atoms with E-state index in [-0.39, 0.29) is 24.0 Å². The zero-order chi connectivity index (χ0) is 22.0. The van der Waals surface area contributed by atoms with E-state index in [9.17, 15) is 19.3 Å². The van der Waals surface area contributed by atoms with Crippen LogP contribution >= 0.6 is 15.9 Å². The Balaban J connectivity index is 1.72. The standard InChI is InChI=1S/C21H20BrFN4O3/c1-13-20(27(29)30)14(2)26(24-13)11-15-4-6-16(7-5-15)21(28)25(3)12-17-10-18(22)8-9-19(17)23/h4-10H,11-12H2,1-3H3. The smallest absolute Gasteiger partial charge is 0.312 e. The van der Waals surface area contributed by atoms with E-state index in [0.717, 1.165) is 10.0 Å². The summed E-state index contributed by atoms with van der Waals surface area (Å²) in [6.45, 7) is 3.76. The molecule has 1 aromatic heterocycles. The van der Waals surface area contributed by atoms with Crippen LogP contribution in [-0.2, 0) is 13.1 Å². The highest BCUT2D eigenvalue weighted by atomic mass is 79.9. The second kappa shape index (κ2) is 8.74. The highest BCUT2D eigenvalue weighted by Gasteiger charge is 2.22. The molecule has 0 aliphatic carbocycles. The molecule has 0 saturated carbocycles. The lowest BCUT2D eigenvalue weighted by Gasteiger charge is -2.18. The summed E-state index contributed by atoms with van der Waals surface area (Å²) in [5.74, 6) is -0.602. The number of carbonyl (C=O) groups is 1. The number of aromatic nitrogens is 2.